The molecule has 0 aliphatic heterocycles. The highest BCUT2D eigenvalue weighted by molar-refractivity contribution is 7.98. The minimum Gasteiger partial charge on any atom is -0.396 e. The number of nitrogens with one attached hydrogen (secondary N) is 2. The first-order chi connectivity index (χ1) is 8.77. The molecule has 1 aliphatic rings. The SMILES string of the molecule is CSCCCCNC(=O)NC1CCCCC1CO. The van der Waals surface area contributed by atoms with Crippen LogP contribution in [0.2, 0.25) is 0 Å². The highest BCUT2D eigenvalue weighted by Gasteiger charge is 2.25. The van der Waals surface area contributed by atoms with Gasteiger partial charge in [0.1, 0.15) is 0 Å². The molecule has 106 valence electrons. The molecule has 1 saturated carbocycles. The average Bonchev–Trinajstić information content (AvgIpc) is 2.39. The van der Waals surface area contributed by atoms with Crippen molar-refractivity contribution in [2.75, 3.05) is 25.2 Å². The van der Waals surface area contributed by atoms with E-state index in [4.69, 9.17) is 0 Å². The van der Waals surface area contributed by atoms with Gasteiger partial charge in [0.25, 0.3) is 0 Å². The summed E-state index contributed by atoms with van der Waals surface area (Å²) >= 11 is 1.84. The van der Waals surface area contributed by atoms with E-state index >= 15 is 0 Å². The molecule has 0 aromatic carbocycles. The summed E-state index contributed by atoms with van der Waals surface area (Å²) in [4.78, 5) is 11.7. The number of aliphatic hydroxyl groups excluding tert-OH is 1. The predicted molar refractivity (Wildman–Crippen MR) is 77.0 cm³/mol. The second-order valence-corrected chi connectivity index (χ2v) is 5.92. The van der Waals surface area contributed by atoms with Crippen molar-refractivity contribution in [2.45, 2.75) is 44.6 Å². The average molecular weight is 274 g/mol. The number of carbonyl (C=O) groups is 1. The maximum atomic E-state index is 11.7. The third-order valence-electron chi connectivity index (χ3n) is 3.52. The van der Waals surface area contributed by atoms with Gasteiger partial charge in [-0.15, -0.1) is 0 Å². The first-order valence-corrected chi connectivity index (χ1v) is 8.31. The van der Waals surface area contributed by atoms with Crippen molar-refractivity contribution in [2.24, 2.45) is 5.92 Å². The van der Waals surface area contributed by atoms with Gasteiger partial charge in [0, 0.05) is 25.1 Å². The van der Waals surface area contributed by atoms with E-state index in [1.54, 1.807) is 0 Å². The topological polar surface area (TPSA) is 61.4 Å². The summed E-state index contributed by atoms with van der Waals surface area (Å²) in [6, 6.07) is 0.0689. The summed E-state index contributed by atoms with van der Waals surface area (Å²) in [5.41, 5.74) is 0. The van der Waals surface area contributed by atoms with Crippen LogP contribution in [-0.4, -0.2) is 42.3 Å². The van der Waals surface area contributed by atoms with E-state index in [1.165, 1.54) is 6.42 Å². The molecule has 2 unspecified atom stereocenters. The third-order valence-corrected chi connectivity index (χ3v) is 4.22. The summed E-state index contributed by atoms with van der Waals surface area (Å²) in [6.45, 7) is 0.918. The Balaban J connectivity index is 2.14. The van der Waals surface area contributed by atoms with Crippen LogP contribution in [0.1, 0.15) is 38.5 Å². The molecule has 0 saturated heterocycles. The number of carbonyl (C=O) groups excluding carboxylic acids is 1. The maximum absolute atomic E-state index is 11.7. The highest BCUT2D eigenvalue weighted by atomic mass is 32.2. The van der Waals surface area contributed by atoms with Gasteiger partial charge in [-0.25, -0.2) is 4.79 Å². The quantitative estimate of drug-likeness (QED) is 0.622. The number of amides is 2. The van der Waals surface area contributed by atoms with Gasteiger partial charge in [-0.3, -0.25) is 0 Å². The lowest BCUT2D eigenvalue weighted by molar-refractivity contribution is 0.153. The van der Waals surface area contributed by atoms with Crippen LogP contribution in [0.15, 0.2) is 0 Å². The molecule has 0 aromatic heterocycles. The molecule has 1 aliphatic carbocycles. The number of urea groups is 1. The van der Waals surface area contributed by atoms with Crippen LogP contribution >= 0.6 is 11.8 Å². The lowest BCUT2D eigenvalue weighted by Gasteiger charge is -2.30. The van der Waals surface area contributed by atoms with Crippen LogP contribution in [0.25, 0.3) is 0 Å². The van der Waals surface area contributed by atoms with Crippen molar-refractivity contribution in [1.82, 2.24) is 10.6 Å². The van der Waals surface area contributed by atoms with Crippen LogP contribution in [-0.2, 0) is 0 Å². The van der Waals surface area contributed by atoms with E-state index in [1.807, 2.05) is 11.8 Å². The Morgan fingerprint density at radius 3 is 2.83 bits per heavy atom. The Kier molecular flexibility index (Phi) is 8.25. The standard InChI is InChI=1S/C13H26N2O2S/c1-18-9-5-4-8-14-13(17)15-12-7-3-2-6-11(12)10-16/h11-12,16H,2-10H2,1H3,(H2,14,15,17). The van der Waals surface area contributed by atoms with E-state index < -0.39 is 0 Å². The Bertz CT molecular complexity index is 239. The number of thioether (sulfide) groups is 1. The molecule has 0 aromatic rings. The summed E-state index contributed by atoms with van der Waals surface area (Å²) in [5.74, 6) is 1.39. The molecule has 2 amide bonds. The van der Waals surface area contributed by atoms with Gasteiger partial charge in [-0.2, -0.15) is 11.8 Å². The van der Waals surface area contributed by atoms with Gasteiger partial charge in [-0.05, 0) is 37.7 Å². The largest absolute Gasteiger partial charge is 0.396 e. The first kappa shape index (κ1) is 15.6. The molecule has 0 spiro atoms. The first-order valence-electron chi connectivity index (χ1n) is 6.92. The van der Waals surface area contributed by atoms with Crippen molar-refractivity contribution in [1.29, 1.82) is 0 Å². The zero-order valence-corrected chi connectivity index (χ0v) is 12.1. The maximum Gasteiger partial charge on any atom is 0.315 e. The molecule has 2 atom stereocenters. The number of rotatable bonds is 7. The number of aliphatic hydroxyl groups is 1. The summed E-state index contributed by atoms with van der Waals surface area (Å²) in [7, 11) is 0. The zero-order valence-electron chi connectivity index (χ0n) is 11.3. The zero-order chi connectivity index (χ0) is 13.2. The summed E-state index contributed by atoms with van der Waals surface area (Å²) in [6.07, 6.45) is 8.60. The van der Waals surface area contributed by atoms with Crippen molar-refractivity contribution in [3.63, 3.8) is 0 Å². The fourth-order valence-electron chi connectivity index (χ4n) is 2.41. The van der Waals surface area contributed by atoms with Crippen molar-refractivity contribution < 1.29 is 9.90 Å². The third kappa shape index (κ3) is 5.96. The Morgan fingerprint density at radius 2 is 2.11 bits per heavy atom. The van der Waals surface area contributed by atoms with E-state index in [0.29, 0.717) is 0 Å². The second-order valence-electron chi connectivity index (χ2n) is 4.93. The van der Waals surface area contributed by atoms with Crippen molar-refractivity contribution >= 4 is 17.8 Å². The smallest absolute Gasteiger partial charge is 0.315 e. The molecular weight excluding hydrogens is 248 g/mol. The summed E-state index contributed by atoms with van der Waals surface area (Å²) < 4.78 is 0. The van der Waals surface area contributed by atoms with Crippen LogP contribution < -0.4 is 10.6 Å². The van der Waals surface area contributed by atoms with Gasteiger partial charge < -0.3 is 15.7 Å². The Labute approximate surface area is 114 Å². The molecule has 3 N–H and O–H groups in total. The van der Waals surface area contributed by atoms with Crippen molar-refractivity contribution in [3.8, 4) is 0 Å². The van der Waals surface area contributed by atoms with E-state index in [0.717, 1.165) is 44.4 Å². The number of unbranched alkanes of at least 4 members (excludes halogenated alkanes) is 1. The molecule has 1 rings (SSSR count). The lowest BCUT2D eigenvalue weighted by atomic mass is 9.85. The molecule has 1 fully saturated rings. The second kappa shape index (κ2) is 9.50. The minimum atomic E-state index is -0.0792. The normalized spacial score (nSPS) is 23.7. The van der Waals surface area contributed by atoms with Gasteiger partial charge >= 0.3 is 6.03 Å². The molecule has 0 bridgehead atoms. The van der Waals surface area contributed by atoms with E-state index in [-0.39, 0.29) is 24.6 Å². The van der Waals surface area contributed by atoms with Gasteiger partial charge in [-0.1, -0.05) is 12.8 Å². The van der Waals surface area contributed by atoms with Crippen LogP contribution in [0.4, 0.5) is 4.79 Å². The fraction of sp³-hybridized carbons (Fsp3) is 0.923. The summed E-state index contributed by atoms with van der Waals surface area (Å²) in [5, 5.41) is 15.2. The van der Waals surface area contributed by atoms with Crippen LogP contribution in [0, 0.1) is 5.92 Å². The molecule has 0 radical (unpaired) electrons. The Morgan fingerprint density at radius 1 is 1.33 bits per heavy atom. The van der Waals surface area contributed by atoms with Crippen LogP contribution in [0.5, 0.6) is 0 Å². The minimum absolute atomic E-state index is 0.0792. The Hall–Kier alpha value is -0.420. The predicted octanol–water partition coefficient (Wildman–Crippen LogP) is 1.98. The van der Waals surface area contributed by atoms with Gasteiger partial charge in [0.15, 0.2) is 0 Å². The number of hydrogen-bond donors (Lipinski definition) is 3. The lowest BCUT2D eigenvalue weighted by Crippen LogP contribution is -2.47. The number of hydrogen-bond acceptors (Lipinski definition) is 3. The van der Waals surface area contributed by atoms with Crippen LogP contribution in [0.3, 0.4) is 0 Å². The monoisotopic (exact) mass is 274 g/mol. The molecule has 5 heteroatoms. The highest BCUT2D eigenvalue weighted by Crippen LogP contribution is 2.23. The van der Waals surface area contributed by atoms with Gasteiger partial charge in [0.2, 0.25) is 0 Å². The molecule has 18 heavy (non-hydrogen) atoms. The molecule has 4 nitrogen and oxygen atoms in total. The molecule has 0 heterocycles. The van der Waals surface area contributed by atoms with E-state index in [2.05, 4.69) is 16.9 Å². The molecular formula is C13H26N2O2S. The van der Waals surface area contributed by atoms with E-state index in [9.17, 15) is 9.90 Å². The van der Waals surface area contributed by atoms with Gasteiger partial charge in [0.05, 0.1) is 0 Å². The van der Waals surface area contributed by atoms with Crippen molar-refractivity contribution in [3.05, 3.63) is 0 Å². The fourth-order valence-corrected chi connectivity index (χ4v) is 2.90.